The molecule has 0 fully saturated rings. The van der Waals surface area contributed by atoms with E-state index in [1.54, 1.807) is 27.0 Å². The van der Waals surface area contributed by atoms with E-state index in [4.69, 9.17) is 5.11 Å². The number of carbonyl (C=O) groups excluding carboxylic acids is 1. The topological polar surface area (TPSA) is 73.4 Å². The van der Waals surface area contributed by atoms with Crippen LogP contribution in [0.4, 0.5) is 0 Å². The summed E-state index contributed by atoms with van der Waals surface area (Å²) in [6.07, 6.45) is 1.55. The van der Waals surface area contributed by atoms with Crippen LogP contribution in [-0.4, -0.2) is 40.6 Å². The fraction of sp³-hybridized carbons (Fsp3) is 0.500. The third kappa shape index (κ3) is 3.42. The van der Waals surface area contributed by atoms with E-state index < -0.39 is 6.10 Å². The van der Waals surface area contributed by atoms with Crippen molar-refractivity contribution >= 4 is 5.91 Å². The quantitative estimate of drug-likeness (QED) is 0.803. The smallest absolute Gasteiger partial charge is 0.261 e. The Hall–Kier alpha value is -1.62. The maximum atomic E-state index is 12.0. The number of amides is 1. The Morgan fingerprint density at radius 2 is 2.24 bits per heavy atom. The molecule has 2 N–H and O–H groups in total. The second-order valence-electron chi connectivity index (χ2n) is 4.23. The zero-order valence-corrected chi connectivity index (χ0v) is 10.4. The Morgan fingerprint density at radius 1 is 1.59 bits per heavy atom. The van der Waals surface area contributed by atoms with E-state index in [2.05, 4.69) is 4.98 Å². The molecule has 1 unspecified atom stereocenters. The van der Waals surface area contributed by atoms with Gasteiger partial charge < -0.3 is 15.0 Å². The first-order chi connectivity index (χ1) is 7.93. The maximum Gasteiger partial charge on any atom is 0.261 e. The van der Waals surface area contributed by atoms with Crippen LogP contribution >= 0.6 is 0 Å². The standard InChI is InChI=1S/C12H18N2O3/c1-8-4-6-13-11(16)10(8)12(17)14(3)7-5-9(2)15/h4,6,9,15H,5,7H2,1-3H3,(H,13,16). The lowest BCUT2D eigenvalue weighted by Crippen LogP contribution is -2.34. The number of aliphatic hydroxyl groups is 1. The Balaban J connectivity index is 2.86. The molecule has 1 atom stereocenters. The van der Waals surface area contributed by atoms with Gasteiger partial charge >= 0.3 is 0 Å². The second-order valence-corrected chi connectivity index (χ2v) is 4.23. The molecule has 1 aromatic heterocycles. The average molecular weight is 238 g/mol. The predicted octanol–water partition coefficient (Wildman–Crippen LogP) is 0.526. The molecule has 0 saturated heterocycles. The van der Waals surface area contributed by atoms with Gasteiger partial charge in [0.25, 0.3) is 11.5 Å². The van der Waals surface area contributed by atoms with Crippen LogP contribution in [0.1, 0.15) is 29.3 Å². The highest BCUT2D eigenvalue weighted by atomic mass is 16.3. The summed E-state index contributed by atoms with van der Waals surface area (Å²) in [7, 11) is 1.62. The summed E-state index contributed by atoms with van der Waals surface area (Å²) in [6.45, 7) is 3.81. The molecule has 1 heterocycles. The molecule has 0 aliphatic heterocycles. The fourth-order valence-electron chi connectivity index (χ4n) is 1.52. The summed E-state index contributed by atoms with van der Waals surface area (Å²) in [4.78, 5) is 27.5. The lowest BCUT2D eigenvalue weighted by atomic mass is 10.1. The molecule has 0 aromatic carbocycles. The molecule has 94 valence electrons. The number of carbonyl (C=O) groups is 1. The van der Waals surface area contributed by atoms with Crippen LogP contribution in [0, 0.1) is 6.92 Å². The van der Waals surface area contributed by atoms with Crippen molar-refractivity contribution in [3.05, 3.63) is 33.7 Å². The molecule has 0 aliphatic rings. The summed E-state index contributed by atoms with van der Waals surface area (Å²) in [5, 5.41) is 9.16. The largest absolute Gasteiger partial charge is 0.393 e. The van der Waals surface area contributed by atoms with Gasteiger partial charge in [-0.05, 0) is 31.9 Å². The van der Waals surface area contributed by atoms with Gasteiger partial charge in [0.05, 0.1) is 6.10 Å². The van der Waals surface area contributed by atoms with Crippen molar-refractivity contribution in [3.63, 3.8) is 0 Å². The molecule has 0 saturated carbocycles. The highest BCUT2D eigenvalue weighted by Crippen LogP contribution is 2.05. The van der Waals surface area contributed by atoms with Crippen molar-refractivity contribution in [1.29, 1.82) is 0 Å². The Morgan fingerprint density at radius 3 is 2.76 bits per heavy atom. The summed E-state index contributed by atoms with van der Waals surface area (Å²) >= 11 is 0. The average Bonchev–Trinajstić information content (AvgIpc) is 2.25. The number of aryl methyl sites for hydroxylation is 1. The van der Waals surface area contributed by atoms with Crippen LogP contribution in [0.25, 0.3) is 0 Å². The SMILES string of the molecule is Cc1cc[nH]c(=O)c1C(=O)N(C)CCC(C)O. The number of hydrogen-bond acceptors (Lipinski definition) is 3. The van der Waals surface area contributed by atoms with E-state index in [1.165, 1.54) is 11.1 Å². The second kappa shape index (κ2) is 5.63. The molecular formula is C12H18N2O3. The normalized spacial score (nSPS) is 12.2. The Bertz CT molecular complexity index is 451. The van der Waals surface area contributed by atoms with Crippen LogP contribution in [0.15, 0.2) is 17.1 Å². The molecular weight excluding hydrogens is 220 g/mol. The van der Waals surface area contributed by atoms with Gasteiger partial charge in [-0.3, -0.25) is 9.59 Å². The fourth-order valence-corrected chi connectivity index (χ4v) is 1.52. The van der Waals surface area contributed by atoms with Crippen molar-refractivity contribution in [3.8, 4) is 0 Å². The molecule has 1 amide bonds. The van der Waals surface area contributed by atoms with Crippen LogP contribution in [0.2, 0.25) is 0 Å². The van der Waals surface area contributed by atoms with Crippen molar-refractivity contribution in [2.75, 3.05) is 13.6 Å². The Kier molecular flexibility index (Phi) is 4.45. The number of pyridine rings is 1. The summed E-state index contributed by atoms with van der Waals surface area (Å²) in [5.74, 6) is -0.315. The molecule has 1 aromatic rings. The first-order valence-electron chi connectivity index (χ1n) is 5.55. The van der Waals surface area contributed by atoms with Crippen LogP contribution in [-0.2, 0) is 0 Å². The number of nitrogens with one attached hydrogen (secondary N) is 1. The molecule has 0 aliphatic carbocycles. The van der Waals surface area contributed by atoms with Crippen LogP contribution in [0.5, 0.6) is 0 Å². The van der Waals surface area contributed by atoms with E-state index in [-0.39, 0.29) is 17.0 Å². The van der Waals surface area contributed by atoms with E-state index in [0.29, 0.717) is 18.5 Å². The molecule has 5 nitrogen and oxygen atoms in total. The number of H-pyrrole nitrogens is 1. The van der Waals surface area contributed by atoms with E-state index >= 15 is 0 Å². The van der Waals surface area contributed by atoms with Crippen LogP contribution < -0.4 is 5.56 Å². The van der Waals surface area contributed by atoms with E-state index in [1.807, 2.05) is 0 Å². The molecule has 1 rings (SSSR count). The number of nitrogens with zero attached hydrogens (tertiary/aromatic N) is 1. The van der Waals surface area contributed by atoms with Gasteiger partial charge in [-0.2, -0.15) is 0 Å². The number of hydrogen-bond donors (Lipinski definition) is 2. The van der Waals surface area contributed by atoms with Crippen LogP contribution in [0.3, 0.4) is 0 Å². The van der Waals surface area contributed by atoms with Gasteiger partial charge in [-0.1, -0.05) is 0 Å². The highest BCUT2D eigenvalue weighted by Gasteiger charge is 2.17. The van der Waals surface area contributed by atoms with Gasteiger partial charge in [-0.25, -0.2) is 0 Å². The predicted molar refractivity (Wildman–Crippen MR) is 65.1 cm³/mol. The van der Waals surface area contributed by atoms with Gasteiger partial charge in [0.2, 0.25) is 0 Å². The maximum absolute atomic E-state index is 12.0. The number of rotatable bonds is 4. The zero-order valence-electron chi connectivity index (χ0n) is 10.4. The lowest BCUT2D eigenvalue weighted by Gasteiger charge is -2.18. The van der Waals surface area contributed by atoms with Crippen molar-refractivity contribution < 1.29 is 9.90 Å². The molecule has 5 heteroatoms. The summed E-state index contributed by atoms with van der Waals surface area (Å²) < 4.78 is 0. The van der Waals surface area contributed by atoms with E-state index in [9.17, 15) is 9.59 Å². The number of aliphatic hydroxyl groups excluding tert-OH is 1. The van der Waals surface area contributed by atoms with Gasteiger partial charge in [0, 0.05) is 19.8 Å². The van der Waals surface area contributed by atoms with Crippen molar-refractivity contribution in [1.82, 2.24) is 9.88 Å². The zero-order chi connectivity index (χ0) is 13.0. The summed E-state index contributed by atoms with van der Waals surface area (Å²) in [5.41, 5.74) is 0.446. The minimum atomic E-state index is -0.458. The van der Waals surface area contributed by atoms with Gasteiger partial charge in [-0.15, -0.1) is 0 Å². The monoisotopic (exact) mass is 238 g/mol. The minimum absolute atomic E-state index is 0.167. The van der Waals surface area contributed by atoms with Crippen molar-refractivity contribution in [2.45, 2.75) is 26.4 Å². The van der Waals surface area contributed by atoms with Gasteiger partial charge in [0.1, 0.15) is 5.56 Å². The highest BCUT2D eigenvalue weighted by molar-refractivity contribution is 5.95. The van der Waals surface area contributed by atoms with Gasteiger partial charge in [0.15, 0.2) is 0 Å². The molecule has 0 radical (unpaired) electrons. The molecule has 17 heavy (non-hydrogen) atoms. The lowest BCUT2D eigenvalue weighted by molar-refractivity contribution is 0.0766. The third-order valence-corrected chi connectivity index (χ3v) is 2.61. The molecule has 0 spiro atoms. The molecule has 0 bridgehead atoms. The first-order valence-corrected chi connectivity index (χ1v) is 5.55. The summed E-state index contributed by atoms with van der Waals surface area (Å²) in [6, 6.07) is 1.69. The van der Waals surface area contributed by atoms with Crippen molar-refractivity contribution in [2.24, 2.45) is 0 Å². The minimum Gasteiger partial charge on any atom is -0.393 e. The number of aromatic amines is 1. The first kappa shape index (κ1) is 13.4. The number of aromatic nitrogens is 1. The Labute approximate surface area is 100 Å². The van der Waals surface area contributed by atoms with E-state index in [0.717, 1.165) is 0 Å². The third-order valence-electron chi connectivity index (χ3n) is 2.61.